The van der Waals surface area contributed by atoms with E-state index in [1.165, 1.54) is 0 Å². The summed E-state index contributed by atoms with van der Waals surface area (Å²) in [7, 11) is 2.14. The van der Waals surface area contributed by atoms with E-state index in [1.807, 2.05) is 10.8 Å². The molecule has 0 aromatic carbocycles. The van der Waals surface area contributed by atoms with E-state index in [1.54, 1.807) is 12.5 Å². The van der Waals surface area contributed by atoms with Gasteiger partial charge in [-0.15, -0.1) is 0 Å². The van der Waals surface area contributed by atoms with Crippen LogP contribution in [0.25, 0.3) is 0 Å². The first-order chi connectivity index (χ1) is 10.5. The Morgan fingerprint density at radius 2 is 2.09 bits per heavy atom. The SMILES string of the molecule is CC(C)[C@@H](Cn1ccnc1)NC(=O)CN1CCCN(C)CC1. The second kappa shape index (κ2) is 8.29. The van der Waals surface area contributed by atoms with E-state index < -0.39 is 0 Å². The molecule has 1 aromatic rings. The van der Waals surface area contributed by atoms with Gasteiger partial charge in [0.05, 0.1) is 12.9 Å². The van der Waals surface area contributed by atoms with E-state index in [0.717, 1.165) is 39.1 Å². The molecule has 0 bridgehead atoms. The van der Waals surface area contributed by atoms with Crippen LogP contribution in [0.4, 0.5) is 0 Å². The zero-order chi connectivity index (χ0) is 15.9. The number of nitrogens with one attached hydrogen (secondary N) is 1. The Balaban J connectivity index is 1.82. The lowest BCUT2D eigenvalue weighted by molar-refractivity contribution is -0.123. The molecule has 1 atom stereocenters. The zero-order valence-corrected chi connectivity index (χ0v) is 14.0. The summed E-state index contributed by atoms with van der Waals surface area (Å²) in [5.41, 5.74) is 0. The van der Waals surface area contributed by atoms with Crippen molar-refractivity contribution >= 4 is 5.91 Å². The maximum Gasteiger partial charge on any atom is 0.234 e. The molecule has 0 unspecified atom stereocenters. The van der Waals surface area contributed by atoms with Crippen molar-refractivity contribution in [2.24, 2.45) is 5.92 Å². The van der Waals surface area contributed by atoms with Crippen LogP contribution in [0.5, 0.6) is 0 Å². The third kappa shape index (κ3) is 5.42. The van der Waals surface area contributed by atoms with Gasteiger partial charge in [0.2, 0.25) is 5.91 Å². The first-order valence-electron chi connectivity index (χ1n) is 8.20. The van der Waals surface area contributed by atoms with Gasteiger partial charge in [-0.1, -0.05) is 13.8 Å². The Morgan fingerprint density at radius 1 is 1.27 bits per heavy atom. The molecular weight excluding hydrogens is 278 g/mol. The summed E-state index contributed by atoms with van der Waals surface area (Å²) in [6, 6.07) is 0.136. The highest BCUT2D eigenvalue weighted by Gasteiger charge is 2.19. The third-order valence-corrected chi connectivity index (χ3v) is 4.30. The topological polar surface area (TPSA) is 53.4 Å². The van der Waals surface area contributed by atoms with Gasteiger partial charge in [0.1, 0.15) is 0 Å². The zero-order valence-electron chi connectivity index (χ0n) is 14.0. The van der Waals surface area contributed by atoms with Crippen LogP contribution in [0, 0.1) is 5.92 Å². The number of hydrogen-bond donors (Lipinski definition) is 1. The van der Waals surface area contributed by atoms with Crippen molar-refractivity contribution in [2.45, 2.75) is 32.9 Å². The van der Waals surface area contributed by atoms with Crippen molar-refractivity contribution in [1.29, 1.82) is 0 Å². The van der Waals surface area contributed by atoms with Crippen LogP contribution in [0.15, 0.2) is 18.7 Å². The molecule has 124 valence electrons. The molecule has 0 aliphatic carbocycles. The number of amides is 1. The fraction of sp³-hybridized carbons (Fsp3) is 0.750. The molecule has 6 nitrogen and oxygen atoms in total. The standard InChI is InChI=1S/C16H29N5O/c1-14(2)15(11-21-8-5-17-13-21)18-16(22)12-20-7-4-6-19(3)9-10-20/h5,8,13-15H,4,6-7,9-12H2,1-3H3,(H,18,22)/t15-/m1/s1. The molecule has 6 heteroatoms. The van der Waals surface area contributed by atoms with Crippen LogP contribution in [-0.4, -0.2) is 71.1 Å². The first-order valence-corrected chi connectivity index (χ1v) is 8.20. The van der Waals surface area contributed by atoms with E-state index in [-0.39, 0.29) is 11.9 Å². The summed E-state index contributed by atoms with van der Waals surface area (Å²) in [5.74, 6) is 0.519. The summed E-state index contributed by atoms with van der Waals surface area (Å²) < 4.78 is 2.02. The monoisotopic (exact) mass is 307 g/mol. The van der Waals surface area contributed by atoms with Gasteiger partial charge in [-0.05, 0) is 32.5 Å². The predicted octanol–water partition coefficient (Wildman–Crippen LogP) is 0.661. The fourth-order valence-corrected chi connectivity index (χ4v) is 2.76. The Labute approximate surface area is 133 Å². The third-order valence-electron chi connectivity index (χ3n) is 4.30. The molecule has 1 amide bonds. The van der Waals surface area contributed by atoms with Gasteiger partial charge in [-0.3, -0.25) is 9.69 Å². The second-order valence-electron chi connectivity index (χ2n) is 6.61. The Kier molecular flexibility index (Phi) is 6.39. The number of carbonyl (C=O) groups is 1. The van der Waals surface area contributed by atoms with Crippen LogP contribution < -0.4 is 5.32 Å². The lowest BCUT2D eigenvalue weighted by atomic mass is 10.0. The normalized spacial score (nSPS) is 19.1. The summed E-state index contributed by atoms with van der Waals surface area (Å²) in [4.78, 5) is 21.0. The van der Waals surface area contributed by atoms with Crippen molar-refractivity contribution in [2.75, 3.05) is 39.8 Å². The van der Waals surface area contributed by atoms with Crippen molar-refractivity contribution in [1.82, 2.24) is 24.7 Å². The lowest BCUT2D eigenvalue weighted by Crippen LogP contribution is -2.46. The smallest absolute Gasteiger partial charge is 0.234 e. The predicted molar refractivity (Wildman–Crippen MR) is 87.5 cm³/mol. The highest BCUT2D eigenvalue weighted by atomic mass is 16.2. The average Bonchev–Trinajstić information content (AvgIpc) is 2.88. The molecule has 1 saturated heterocycles. The maximum atomic E-state index is 12.4. The van der Waals surface area contributed by atoms with E-state index in [4.69, 9.17) is 0 Å². The molecule has 1 aliphatic heterocycles. The van der Waals surface area contributed by atoms with Crippen LogP contribution in [0.3, 0.4) is 0 Å². The van der Waals surface area contributed by atoms with E-state index in [9.17, 15) is 4.79 Å². The number of aromatic nitrogens is 2. The van der Waals surface area contributed by atoms with Gasteiger partial charge in [0, 0.05) is 38.1 Å². The lowest BCUT2D eigenvalue weighted by Gasteiger charge is -2.25. The molecule has 1 N–H and O–H groups in total. The molecule has 2 rings (SSSR count). The first kappa shape index (κ1) is 17.0. The Bertz CT molecular complexity index is 445. The van der Waals surface area contributed by atoms with Crippen LogP contribution in [0.2, 0.25) is 0 Å². The number of carbonyl (C=O) groups excluding carboxylic acids is 1. The second-order valence-corrected chi connectivity index (χ2v) is 6.61. The van der Waals surface area contributed by atoms with Gasteiger partial charge in [0.15, 0.2) is 0 Å². The maximum absolute atomic E-state index is 12.4. The molecule has 2 heterocycles. The molecular formula is C16H29N5O. The van der Waals surface area contributed by atoms with Gasteiger partial charge in [0.25, 0.3) is 0 Å². The molecule has 0 radical (unpaired) electrons. The van der Waals surface area contributed by atoms with E-state index >= 15 is 0 Å². The largest absolute Gasteiger partial charge is 0.350 e. The minimum Gasteiger partial charge on any atom is -0.350 e. The highest BCUT2D eigenvalue weighted by Crippen LogP contribution is 2.06. The van der Waals surface area contributed by atoms with E-state index in [0.29, 0.717) is 12.5 Å². The molecule has 1 fully saturated rings. The fourth-order valence-electron chi connectivity index (χ4n) is 2.76. The van der Waals surface area contributed by atoms with Crippen LogP contribution >= 0.6 is 0 Å². The van der Waals surface area contributed by atoms with Crippen molar-refractivity contribution < 1.29 is 4.79 Å². The molecule has 0 spiro atoms. The van der Waals surface area contributed by atoms with Crippen molar-refractivity contribution in [3.05, 3.63) is 18.7 Å². The molecule has 22 heavy (non-hydrogen) atoms. The number of likely N-dealkylation sites (N-methyl/N-ethyl adjacent to an activating group) is 1. The Morgan fingerprint density at radius 3 is 2.77 bits per heavy atom. The average molecular weight is 307 g/mol. The Hall–Kier alpha value is -1.40. The van der Waals surface area contributed by atoms with Gasteiger partial charge < -0.3 is 14.8 Å². The van der Waals surface area contributed by atoms with Gasteiger partial charge in [-0.2, -0.15) is 0 Å². The summed E-state index contributed by atoms with van der Waals surface area (Å²) >= 11 is 0. The minimum atomic E-state index is 0.128. The van der Waals surface area contributed by atoms with E-state index in [2.05, 4.69) is 41.0 Å². The number of hydrogen-bond acceptors (Lipinski definition) is 4. The number of nitrogens with zero attached hydrogens (tertiary/aromatic N) is 4. The molecule has 0 saturated carbocycles. The molecule has 1 aromatic heterocycles. The summed E-state index contributed by atoms with van der Waals surface area (Å²) in [6.07, 6.45) is 6.64. The van der Waals surface area contributed by atoms with Crippen molar-refractivity contribution in [3.63, 3.8) is 0 Å². The minimum absolute atomic E-state index is 0.128. The number of rotatable bonds is 6. The quantitative estimate of drug-likeness (QED) is 0.839. The summed E-state index contributed by atoms with van der Waals surface area (Å²) in [6.45, 7) is 9.69. The van der Waals surface area contributed by atoms with Crippen molar-refractivity contribution in [3.8, 4) is 0 Å². The van der Waals surface area contributed by atoms with Gasteiger partial charge >= 0.3 is 0 Å². The van der Waals surface area contributed by atoms with Crippen LogP contribution in [0.1, 0.15) is 20.3 Å². The molecule has 1 aliphatic rings. The highest BCUT2D eigenvalue weighted by molar-refractivity contribution is 5.78. The van der Waals surface area contributed by atoms with Crippen LogP contribution in [-0.2, 0) is 11.3 Å². The van der Waals surface area contributed by atoms with Gasteiger partial charge in [-0.25, -0.2) is 4.98 Å². The summed E-state index contributed by atoms with van der Waals surface area (Å²) in [5, 5.41) is 3.19. The number of imidazole rings is 1.